The van der Waals surface area contributed by atoms with E-state index in [2.05, 4.69) is 27.7 Å². The van der Waals surface area contributed by atoms with Gasteiger partial charge in [0.25, 0.3) is 5.91 Å². The molecule has 4 fully saturated rings. The van der Waals surface area contributed by atoms with Crippen molar-refractivity contribution >= 4 is 45.1 Å². The van der Waals surface area contributed by atoms with E-state index in [1.54, 1.807) is 6.20 Å². The van der Waals surface area contributed by atoms with Gasteiger partial charge in [0.05, 0.1) is 46.9 Å². The number of hydrogen-bond acceptors (Lipinski definition) is 9. The van der Waals surface area contributed by atoms with Gasteiger partial charge in [-0.3, -0.25) is 14.8 Å². The molecular formula is C36H37ClF2N8O3. The highest BCUT2D eigenvalue weighted by molar-refractivity contribution is 6.35. The summed E-state index contributed by atoms with van der Waals surface area (Å²) in [5.74, 6) is -0.915. The number of aromatic nitrogens is 4. The topological polar surface area (TPSA) is 124 Å². The lowest BCUT2D eigenvalue weighted by atomic mass is 9.94. The summed E-state index contributed by atoms with van der Waals surface area (Å²) >= 11 is 7.23. The van der Waals surface area contributed by atoms with E-state index in [1.807, 2.05) is 30.0 Å². The number of hydrogen-bond donors (Lipinski definition) is 1. The van der Waals surface area contributed by atoms with Crippen LogP contribution in [0, 0.1) is 18.3 Å². The Bertz CT molecular complexity index is 2060. The summed E-state index contributed by atoms with van der Waals surface area (Å²) < 4.78 is 41.8. The minimum Gasteiger partial charge on any atom is -0.487 e. The number of anilines is 1. The lowest BCUT2D eigenvalue weighted by molar-refractivity contribution is -0.131. The van der Waals surface area contributed by atoms with Gasteiger partial charge in [-0.2, -0.15) is 20.3 Å². The average Bonchev–Trinajstić information content (AvgIpc) is 3.48. The number of aryl methyl sites for hydroxylation is 1. The number of rotatable bonds is 9. The highest BCUT2D eigenvalue weighted by Crippen LogP contribution is 2.49. The van der Waals surface area contributed by atoms with Crippen LogP contribution >= 0.6 is 11.6 Å². The van der Waals surface area contributed by atoms with Gasteiger partial charge < -0.3 is 19.3 Å². The molecule has 1 N–H and O–H groups in total. The number of alkyl halides is 1. The molecule has 11 nitrogen and oxygen atoms in total. The Morgan fingerprint density at radius 1 is 1.20 bits per heavy atom. The smallest absolute Gasteiger partial charge is 0.319 e. The quantitative estimate of drug-likeness (QED) is 0.208. The zero-order chi connectivity index (χ0) is 34.7. The van der Waals surface area contributed by atoms with Crippen LogP contribution in [0.25, 0.3) is 32.9 Å². The lowest BCUT2D eigenvalue weighted by Crippen LogP contribution is -2.55. The number of nitriles is 1. The molecule has 3 saturated heterocycles. The number of H-pyrrole nitrogens is 1. The summed E-state index contributed by atoms with van der Waals surface area (Å²) in [5, 5.41) is 18.9. The lowest BCUT2D eigenvalue weighted by Gasteiger charge is -2.41. The summed E-state index contributed by atoms with van der Waals surface area (Å²) in [6.45, 7) is 7.27. The molecule has 5 heterocycles. The molecule has 2 aromatic carbocycles. The van der Waals surface area contributed by atoms with Gasteiger partial charge in [-0.25, -0.2) is 8.78 Å². The molecule has 14 heteroatoms. The van der Waals surface area contributed by atoms with Gasteiger partial charge in [0.15, 0.2) is 11.6 Å². The Hall–Kier alpha value is -4.54. The normalized spacial score (nSPS) is 23.7. The summed E-state index contributed by atoms with van der Waals surface area (Å²) in [6, 6.07) is 7.43. The number of carbonyl (C=O) groups is 1. The Kier molecular flexibility index (Phi) is 8.26. The van der Waals surface area contributed by atoms with E-state index in [0.717, 1.165) is 54.3 Å². The monoisotopic (exact) mass is 702 g/mol. The third-order valence-corrected chi connectivity index (χ3v) is 10.9. The maximum atomic E-state index is 14.7. The Morgan fingerprint density at radius 3 is 2.82 bits per heavy atom. The second-order valence-corrected chi connectivity index (χ2v) is 14.3. The Morgan fingerprint density at radius 2 is 2.04 bits per heavy atom. The number of piperazine rings is 1. The second-order valence-electron chi connectivity index (χ2n) is 13.9. The van der Waals surface area contributed by atoms with Gasteiger partial charge in [0.2, 0.25) is 0 Å². The zero-order valence-corrected chi connectivity index (χ0v) is 28.5. The van der Waals surface area contributed by atoms with E-state index in [4.69, 9.17) is 31.0 Å². The van der Waals surface area contributed by atoms with Crippen LogP contribution in [-0.2, 0) is 4.79 Å². The first-order chi connectivity index (χ1) is 24.2. The first-order valence-corrected chi connectivity index (χ1v) is 17.5. The number of fused-ring (bicyclic) bond motifs is 3. The van der Waals surface area contributed by atoms with Gasteiger partial charge in [-0.1, -0.05) is 24.2 Å². The van der Waals surface area contributed by atoms with Crippen LogP contribution in [0.3, 0.4) is 0 Å². The number of halogens is 3. The van der Waals surface area contributed by atoms with Crippen molar-refractivity contribution in [3.05, 3.63) is 47.4 Å². The highest BCUT2D eigenvalue weighted by atomic mass is 35.5. The number of aromatic amines is 1. The SMILES string of the molecule is C=C(F)C(=O)N1CCN(c2nc(OC[C@@]34CCCN3C[C@H](F)C4)nc3c(OC4CC4)c(-c4c(C)ccc5[nH]ncc45)c(Cl)cc23)C[C@@H]1CC#N. The van der Waals surface area contributed by atoms with Gasteiger partial charge in [-0.05, 0) is 56.8 Å². The number of nitrogens with zero attached hydrogens (tertiary/aromatic N) is 7. The van der Waals surface area contributed by atoms with E-state index < -0.39 is 29.5 Å². The zero-order valence-electron chi connectivity index (χ0n) is 27.7. The highest BCUT2D eigenvalue weighted by Gasteiger charge is 2.49. The van der Waals surface area contributed by atoms with E-state index in [9.17, 15) is 18.8 Å². The minimum atomic E-state index is -1.07. The fourth-order valence-electron chi connectivity index (χ4n) is 8.03. The van der Waals surface area contributed by atoms with Crippen LogP contribution in [-0.4, -0.2) is 99.1 Å². The number of carbonyl (C=O) groups excluding carboxylic acids is 1. The molecule has 4 aliphatic rings. The molecule has 4 aromatic rings. The van der Waals surface area contributed by atoms with Crippen LogP contribution in [0.2, 0.25) is 5.02 Å². The molecule has 2 aromatic heterocycles. The largest absolute Gasteiger partial charge is 0.487 e. The maximum absolute atomic E-state index is 14.7. The predicted octanol–water partition coefficient (Wildman–Crippen LogP) is 6.05. The van der Waals surface area contributed by atoms with Gasteiger partial charge in [0, 0.05) is 54.5 Å². The van der Waals surface area contributed by atoms with E-state index >= 15 is 0 Å². The molecule has 50 heavy (non-hydrogen) atoms. The Labute approximate surface area is 292 Å². The molecule has 3 atom stereocenters. The van der Waals surface area contributed by atoms with Crippen molar-refractivity contribution in [2.75, 3.05) is 44.2 Å². The third kappa shape index (κ3) is 5.68. The van der Waals surface area contributed by atoms with E-state index in [1.165, 1.54) is 4.90 Å². The van der Waals surface area contributed by atoms with Crippen molar-refractivity contribution in [2.24, 2.45) is 0 Å². The summed E-state index contributed by atoms with van der Waals surface area (Å²) in [7, 11) is 0. The molecule has 8 rings (SSSR count). The van der Waals surface area contributed by atoms with E-state index in [0.29, 0.717) is 52.6 Å². The van der Waals surface area contributed by atoms with Gasteiger partial charge >= 0.3 is 6.01 Å². The standard InChI is InChI=1S/C36H37ClF2N8O3/c1-20-4-7-28-26(16-41-44-28)29(20)30-27(37)14-25-31(32(30)50-24-5-6-24)42-35(49-19-36-9-3-11-46(36)17-22(39)15-36)43-33(25)45-12-13-47(34(48)21(2)38)23(18-45)8-10-40/h4,7,14,16,22-24H,2-3,5-6,8-9,11-13,15,17-19H2,1H3,(H,41,44)/t22-,23+,36+/m1/s1. The molecule has 1 saturated carbocycles. The predicted molar refractivity (Wildman–Crippen MR) is 185 cm³/mol. The summed E-state index contributed by atoms with van der Waals surface area (Å²) in [6.07, 6.45) is 4.78. The first kappa shape index (κ1) is 32.7. The Balaban J connectivity index is 1.29. The number of benzene rings is 2. The molecule has 260 valence electrons. The first-order valence-electron chi connectivity index (χ1n) is 17.1. The maximum Gasteiger partial charge on any atom is 0.319 e. The van der Waals surface area contributed by atoms with Crippen molar-refractivity contribution in [3.63, 3.8) is 0 Å². The fourth-order valence-corrected chi connectivity index (χ4v) is 8.32. The molecule has 1 amide bonds. The molecular weight excluding hydrogens is 666 g/mol. The van der Waals surface area contributed by atoms with Crippen molar-refractivity contribution in [1.82, 2.24) is 30.0 Å². The van der Waals surface area contributed by atoms with Crippen LogP contribution < -0.4 is 14.4 Å². The molecule has 3 aliphatic heterocycles. The fraction of sp³-hybridized carbons (Fsp3) is 0.472. The van der Waals surface area contributed by atoms with Crippen LogP contribution in [0.15, 0.2) is 36.8 Å². The third-order valence-electron chi connectivity index (χ3n) is 10.6. The van der Waals surface area contributed by atoms with Crippen molar-refractivity contribution in [1.29, 1.82) is 5.26 Å². The van der Waals surface area contributed by atoms with E-state index in [-0.39, 0.29) is 38.2 Å². The summed E-state index contributed by atoms with van der Waals surface area (Å²) in [4.78, 5) is 28.1. The van der Waals surface area contributed by atoms with Crippen molar-refractivity contribution < 1.29 is 23.0 Å². The average molecular weight is 703 g/mol. The second kappa shape index (κ2) is 12.7. The summed E-state index contributed by atoms with van der Waals surface area (Å²) in [5.41, 5.74) is 3.45. The van der Waals surface area contributed by atoms with Gasteiger partial charge in [-0.15, -0.1) is 0 Å². The minimum absolute atomic E-state index is 0.0143. The van der Waals surface area contributed by atoms with Crippen molar-refractivity contribution in [2.45, 2.75) is 69.3 Å². The number of nitrogens with one attached hydrogen (secondary N) is 1. The number of ether oxygens (including phenoxy) is 2. The van der Waals surface area contributed by atoms with Gasteiger partial charge in [0.1, 0.15) is 24.1 Å². The molecule has 0 bridgehead atoms. The van der Waals surface area contributed by atoms with Crippen LogP contribution in [0.5, 0.6) is 11.8 Å². The number of amides is 1. The van der Waals surface area contributed by atoms with Crippen LogP contribution in [0.1, 0.15) is 44.1 Å². The molecule has 0 radical (unpaired) electrons. The molecule has 0 unspecified atom stereocenters. The van der Waals surface area contributed by atoms with Crippen molar-refractivity contribution in [3.8, 4) is 29.0 Å². The molecule has 0 spiro atoms. The van der Waals surface area contributed by atoms with Crippen LogP contribution in [0.4, 0.5) is 14.6 Å². The molecule has 1 aliphatic carbocycles.